The van der Waals surface area contributed by atoms with Gasteiger partial charge in [-0.25, -0.2) is 0 Å². The molecule has 0 radical (unpaired) electrons. The zero-order valence-corrected chi connectivity index (χ0v) is 29.6. The normalized spacial score (nSPS) is 14.5. The predicted octanol–water partition coefficient (Wildman–Crippen LogP) is 11.5. The molecule has 48 heavy (non-hydrogen) atoms. The smallest absolute Gasteiger partial charge is 0.0772 e. The quantitative estimate of drug-likeness (QED) is 0.165. The Hall–Kier alpha value is -4.84. The van der Waals surface area contributed by atoms with Crippen LogP contribution in [-0.2, 0) is 0 Å². The van der Waals surface area contributed by atoms with E-state index >= 15 is 0 Å². The van der Waals surface area contributed by atoms with E-state index in [-0.39, 0.29) is 0 Å². The maximum absolute atomic E-state index is 4.61. The SMILES string of the molecule is C1=CCC(Nc2c3[nH]c4c(c3cc3c2sc2cc(-c5ccc6c(c5)sc5ccccc56)ccc23)=CCCC=4)C=C1.C=CC.C=CN.CC. The van der Waals surface area contributed by atoms with Crippen molar-refractivity contribution in [3.8, 4) is 11.1 Å². The Kier molecular flexibility index (Phi) is 10.3. The first-order chi connectivity index (χ1) is 23.6. The van der Waals surface area contributed by atoms with Gasteiger partial charge in [-0.3, -0.25) is 0 Å². The molecule has 9 rings (SSSR count). The van der Waals surface area contributed by atoms with Crippen LogP contribution in [0.5, 0.6) is 0 Å². The fraction of sp³-hybridized carbons (Fsp3) is 0.163. The summed E-state index contributed by atoms with van der Waals surface area (Å²) in [4.78, 5) is 3.79. The van der Waals surface area contributed by atoms with E-state index in [0.717, 1.165) is 19.3 Å². The van der Waals surface area contributed by atoms with Gasteiger partial charge in [0.2, 0.25) is 0 Å². The number of nitrogens with two attached hydrogens (primary N) is 1. The van der Waals surface area contributed by atoms with E-state index in [4.69, 9.17) is 0 Å². The van der Waals surface area contributed by atoms with Crippen molar-refractivity contribution >= 4 is 91.8 Å². The van der Waals surface area contributed by atoms with Gasteiger partial charge in [0.15, 0.2) is 0 Å². The number of anilines is 1. The number of aromatic nitrogens is 1. The summed E-state index contributed by atoms with van der Waals surface area (Å²) in [6, 6.07) is 25.4. The van der Waals surface area contributed by atoms with Crippen LogP contribution in [0.3, 0.4) is 0 Å². The maximum atomic E-state index is 4.61. The van der Waals surface area contributed by atoms with Gasteiger partial charge in [0.1, 0.15) is 0 Å². The number of hydrogen-bond donors (Lipinski definition) is 3. The van der Waals surface area contributed by atoms with Crippen LogP contribution in [0, 0.1) is 0 Å². The fourth-order valence-corrected chi connectivity index (χ4v) is 8.91. The second-order valence-electron chi connectivity index (χ2n) is 11.6. The van der Waals surface area contributed by atoms with Crippen LogP contribution in [0.1, 0.15) is 40.0 Å². The lowest BCUT2D eigenvalue weighted by atomic mass is 10.0. The van der Waals surface area contributed by atoms with E-state index in [2.05, 4.69) is 132 Å². The Balaban J connectivity index is 0.000000463. The van der Waals surface area contributed by atoms with E-state index in [1.807, 2.05) is 43.4 Å². The van der Waals surface area contributed by atoms with Crippen molar-refractivity contribution in [3.05, 3.63) is 127 Å². The summed E-state index contributed by atoms with van der Waals surface area (Å²) >= 11 is 3.80. The van der Waals surface area contributed by atoms with Gasteiger partial charge in [-0.1, -0.05) is 105 Å². The molecule has 1 unspecified atom stereocenters. The molecule has 3 nitrogen and oxygen atoms in total. The predicted molar refractivity (Wildman–Crippen MR) is 219 cm³/mol. The van der Waals surface area contributed by atoms with Crippen molar-refractivity contribution in [2.75, 3.05) is 5.32 Å². The standard InChI is InChI=1S/C36H26N2S2.C3H6.C2H5N.C2H6/c1-2-8-23(9-3-1)37-35-34-28(24-10-4-6-12-30(24)38-34)20-29-27-17-15-22(19-33(27)40-36(29)35)21-14-16-26-25-11-5-7-13-31(25)39-32(26)18-21;1-3-2;1-2-3;1-2/h1-3,5,7-8,10-20,23,37-38H,4,6,9H2;3H,1H2,2H3;2H,1,3H2;1-2H3. The van der Waals surface area contributed by atoms with Gasteiger partial charge < -0.3 is 16.0 Å². The summed E-state index contributed by atoms with van der Waals surface area (Å²) in [5, 5.41) is 13.3. The van der Waals surface area contributed by atoms with E-state index < -0.39 is 0 Å². The summed E-state index contributed by atoms with van der Waals surface area (Å²) in [5.74, 6) is 0. The van der Waals surface area contributed by atoms with Gasteiger partial charge in [-0.15, -0.1) is 29.3 Å². The number of H-pyrrole nitrogens is 1. The zero-order valence-electron chi connectivity index (χ0n) is 28.0. The molecule has 3 heterocycles. The van der Waals surface area contributed by atoms with Crippen molar-refractivity contribution in [1.82, 2.24) is 4.98 Å². The van der Waals surface area contributed by atoms with Crippen molar-refractivity contribution in [2.45, 2.75) is 46.1 Å². The third kappa shape index (κ3) is 6.24. The van der Waals surface area contributed by atoms with Crippen LogP contribution in [-0.4, -0.2) is 11.0 Å². The summed E-state index contributed by atoms with van der Waals surface area (Å²) < 4.78 is 5.37. The van der Waals surface area contributed by atoms with Crippen LogP contribution in [0.15, 0.2) is 116 Å². The topological polar surface area (TPSA) is 53.8 Å². The lowest BCUT2D eigenvalue weighted by Crippen LogP contribution is -2.24. The molecule has 5 heteroatoms. The monoisotopic (exact) mass is 665 g/mol. The molecule has 2 aliphatic rings. The number of rotatable bonds is 3. The van der Waals surface area contributed by atoms with Gasteiger partial charge in [0.25, 0.3) is 0 Å². The number of allylic oxidation sites excluding steroid dienone is 3. The van der Waals surface area contributed by atoms with Crippen molar-refractivity contribution in [2.24, 2.45) is 5.73 Å². The van der Waals surface area contributed by atoms with Crippen LogP contribution in [0.25, 0.3) is 74.5 Å². The average molecular weight is 666 g/mol. The molecule has 0 saturated heterocycles. The second-order valence-corrected chi connectivity index (χ2v) is 13.7. The van der Waals surface area contributed by atoms with E-state index in [9.17, 15) is 0 Å². The number of nitrogens with one attached hydrogen (secondary N) is 2. The summed E-state index contributed by atoms with van der Waals surface area (Å²) in [6.45, 7) is 12.4. The highest BCUT2D eigenvalue weighted by molar-refractivity contribution is 7.26. The minimum absolute atomic E-state index is 0.292. The first-order valence-electron chi connectivity index (χ1n) is 16.8. The number of benzene rings is 4. The molecule has 4 aromatic carbocycles. The van der Waals surface area contributed by atoms with E-state index in [0.29, 0.717) is 6.04 Å². The molecule has 4 N–H and O–H groups in total. The zero-order chi connectivity index (χ0) is 33.6. The van der Waals surface area contributed by atoms with Gasteiger partial charge in [-0.2, -0.15) is 0 Å². The van der Waals surface area contributed by atoms with Crippen molar-refractivity contribution < 1.29 is 0 Å². The molecule has 0 amide bonds. The lowest BCUT2D eigenvalue weighted by molar-refractivity contribution is 0.886. The fourth-order valence-electron chi connectivity index (χ4n) is 6.53. The Morgan fingerprint density at radius 3 is 2.15 bits per heavy atom. The summed E-state index contributed by atoms with van der Waals surface area (Å²) in [7, 11) is 0. The van der Waals surface area contributed by atoms with Crippen molar-refractivity contribution in [3.63, 3.8) is 0 Å². The third-order valence-corrected chi connectivity index (χ3v) is 10.8. The summed E-state index contributed by atoms with van der Waals surface area (Å²) in [5.41, 5.74) is 9.64. The molecule has 0 bridgehead atoms. The molecular weight excluding hydrogens is 623 g/mol. The maximum Gasteiger partial charge on any atom is 0.0772 e. The Morgan fingerprint density at radius 2 is 1.44 bits per heavy atom. The molecule has 2 aliphatic carbocycles. The van der Waals surface area contributed by atoms with E-state index in [1.54, 1.807) is 6.08 Å². The molecule has 0 saturated carbocycles. The highest BCUT2D eigenvalue weighted by atomic mass is 32.1. The minimum Gasteiger partial charge on any atom is -0.405 e. The number of fused-ring (bicyclic) bond motifs is 9. The van der Waals surface area contributed by atoms with Gasteiger partial charge in [-0.05, 0) is 67.8 Å². The molecule has 0 spiro atoms. The van der Waals surface area contributed by atoms with Crippen LogP contribution >= 0.6 is 22.7 Å². The third-order valence-electron chi connectivity index (χ3n) is 8.49. The number of thiophene rings is 2. The molecule has 0 fully saturated rings. The Morgan fingerprint density at radius 1 is 0.792 bits per heavy atom. The van der Waals surface area contributed by atoms with Gasteiger partial charge in [0.05, 0.1) is 15.9 Å². The van der Waals surface area contributed by atoms with Crippen molar-refractivity contribution in [1.29, 1.82) is 0 Å². The lowest BCUT2D eigenvalue weighted by Gasteiger charge is -2.18. The van der Waals surface area contributed by atoms with Gasteiger partial charge >= 0.3 is 0 Å². The number of aromatic amines is 1. The molecule has 0 aliphatic heterocycles. The van der Waals surface area contributed by atoms with Gasteiger partial charge in [0, 0.05) is 57.6 Å². The Labute approximate surface area is 290 Å². The van der Waals surface area contributed by atoms with Crippen LogP contribution < -0.4 is 21.6 Å². The van der Waals surface area contributed by atoms with Crippen LogP contribution in [0.2, 0.25) is 0 Å². The largest absolute Gasteiger partial charge is 0.405 e. The van der Waals surface area contributed by atoms with E-state index in [1.165, 1.54) is 84.8 Å². The number of hydrogen-bond acceptors (Lipinski definition) is 4. The molecular formula is C43H43N3S2. The first-order valence-corrected chi connectivity index (χ1v) is 18.4. The molecule has 3 aromatic heterocycles. The summed E-state index contributed by atoms with van der Waals surface area (Å²) in [6.07, 6.45) is 19.8. The highest BCUT2D eigenvalue weighted by Gasteiger charge is 2.19. The highest BCUT2D eigenvalue weighted by Crippen LogP contribution is 2.44. The Bertz CT molecular complexity index is 2440. The second kappa shape index (κ2) is 14.9. The average Bonchev–Trinajstić information content (AvgIpc) is 3.81. The van der Waals surface area contributed by atoms with Crippen LogP contribution in [0.4, 0.5) is 5.69 Å². The molecule has 242 valence electrons. The first kappa shape index (κ1) is 33.1. The minimum atomic E-state index is 0.292. The molecule has 7 aromatic rings. The molecule has 1 atom stereocenters.